The molecule has 0 fully saturated rings. The second-order valence-corrected chi connectivity index (χ2v) is 9.95. The smallest absolute Gasteiger partial charge is 0.243 e. The number of benzene rings is 1. The molecule has 11 heteroatoms. The molecule has 0 radical (unpaired) electrons. The average Bonchev–Trinajstić information content (AvgIpc) is 3.12. The van der Waals surface area contributed by atoms with Crippen molar-refractivity contribution in [2.75, 3.05) is 0 Å². The van der Waals surface area contributed by atoms with E-state index in [2.05, 4.69) is 19.7 Å². The van der Waals surface area contributed by atoms with Crippen LogP contribution in [0.1, 0.15) is 38.2 Å². The molecule has 0 bridgehead atoms. The van der Waals surface area contributed by atoms with Crippen LogP contribution in [0.25, 0.3) is 0 Å². The van der Waals surface area contributed by atoms with Crippen molar-refractivity contribution in [2.45, 2.75) is 38.1 Å². The molecule has 30 heavy (non-hydrogen) atoms. The molecule has 2 aromatic heterocycles. The fourth-order valence-corrected chi connectivity index (χ4v) is 4.74. The van der Waals surface area contributed by atoms with Gasteiger partial charge in [0.15, 0.2) is 5.78 Å². The molecule has 3 rings (SSSR count). The van der Waals surface area contributed by atoms with E-state index in [1.54, 1.807) is 13.1 Å². The molecule has 7 nitrogen and oxygen atoms in total. The Kier molecular flexibility index (Phi) is 6.91. The molecular formula is C19H18ClFN4O3S2. The van der Waals surface area contributed by atoms with Gasteiger partial charge in [0.05, 0.1) is 29.1 Å². The van der Waals surface area contributed by atoms with E-state index in [9.17, 15) is 17.6 Å². The van der Waals surface area contributed by atoms with Crippen molar-refractivity contribution in [3.63, 3.8) is 0 Å². The average molecular weight is 469 g/mol. The number of carbonyl (C=O) groups excluding carboxylic acids is 1. The van der Waals surface area contributed by atoms with Gasteiger partial charge < -0.3 is 0 Å². The fraction of sp³-hybridized carbons (Fsp3) is 0.263. The van der Waals surface area contributed by atoms with E-state index < -0.39 is 20.7 Å². The summed E-state index contributed by atoms with van der Waals surface area (Å²) >= 11 is 7.30. The molecule has 0 spiro atoms. The van der Waals surface area contributed by atoms with Gasteiger partial charge in [-0.15, -0.1) is 11.3 Å². The van der Waals surface area contributed by atoms with Crippen LogP contribution in [0.3, 0.4) is 0 Å². The molecule has 1 aromatic carbocycles. The van der Waals surface area contributed by atoms with Gasteiger partial charge in [-0.05, 0) is 38.5 Å². The SMILES string of the molecule is Cc1ncc(CCC(=O)c2cnc(CNS(=O)(=O)c3cc(Cl)ccc3F)c(C)n2)s1. The number of hydrogen-bond donors (Lipinski definition) is 1. The number of nitrogens with one attached hydrogen (secondary N) is 1. The van der Waals surface area contributed by atoms with Crippen molar-refractivity contribution in [1.29, 1.82) is 0 Å². The van der Waals surface area contributed by atoms with Crippen molar-refractivity contribution in [3.05, 3.63) is 68.4 Å². The summed E-state index contributed by atoms with van der Waals surface area (Å²) < 4.78 is 40.9. The van der Waals surface area contributed by atoms with Gasteiger partial charge >= 0.3 is 0 Å². The van der Waals surface area contributed by atoms with Gasteiger partial charge in [0.25, 0.3) is 0 Å². The maximum atomic E-state index is 13.9. The number of thiazole rings is 1. The van der Waals surface area contributed by atoms with Gasteiger partial charge in [0, 0.05) is 22.5 Å². The lowest BCUT2D eigenvalue weighted by atomic mass is 10.1. The van der Waals surface area contributed by atoms with Crippen molar-refractivity contribution < 1.29 is 17.6 Å². The number of ketones is 1. The summed E-state index contributed by atoms with van der Waals surface area (Å²) in [6.07, 6.45) is 3.91. The van der Waals surface area contributed by atoms with E-state index in [1.807, 2.05) is 6.92 Å². The Bertz CT molecular complexity index is 1200. The Morgan fingerprint density at radius 2 is 2.00 bits per heavy atom. The molecular weight excluding hydrogens is 451 g/mol. The van der Waals surface area contributed by atoms with E-state index >= 15 is 0 Å². The Labute approximate surface area is 182 Å². The van der Waals surface area contributed by atoms with Gasteiger partial charge in [-0.3, -0.25) is 9.78 Å². The molecule has 2 heterocycles. The zero-order valence-corrected chi connectivity index (χ0v) is 18.5. The number of Topliss-reactive ketones (excluding diaryl/α,β-unsaturated/α-hetero) is 1. The minimum Gasteiger partial charge on any atom is -0.292 e. The van der Waals surface area contributed by atoms with E-state index in [-0.39, 0.29) is 29.5 Å². The molecule has 0 aliphatic rings. The molecule has 158 valence electrons. The van der Waals surface area contributed by atoms with Crippen LogP contribution < -0.4 is 4.72 Å². The van der Waals surface area contributed by atoms with Crippen molar-refractivity contribution in [1.82, 2.24) is 19.7 Å². The first-order valence-corrected chi connectivity index (χ1v) is 11.5. The number of hydrogen-bond acceptors (Lipinski definition) is 7. The lowest BCUT2D eigenvalue weighted by molar-refractivity contribution is 0.0977. The number of nitrogens with zero attached hydrogens (tertiary/aromatic N) is 3. The van der Waals surface area contributed by atoms with Gasteiger partial charge in [-0.2, -0.15) is 0 Å². The third-order valence-electron chi connectivity index (χ3n) is 4.21. The highest BCUT2D eigenvalue weighted by Crippen LogP contribution is 2.20. The van der Waals surface area contributed by atoms with Crippen LogP contribution in [0.5, 0.6) is 0 Å². The molecule has 0 aliphatic carbocycles. The second-order valence-electron chi connectivity index (χ2n) is 6.46. The zero-order chi connectivity index (χ0) is 21.9. The largest absolute Gasteiger partial charge is 0.292 e. The van der Waals surface area contributed by atoms with Gasteiger partial charge in [-0.1, -0.05) is 11.6 Å². The number of aromatic nitrogens is 3. The first kappa shape index (κ1) is 22.4. The summed E-state index contributed by atoms with van der Waals surface area (Å²) in [5.74, 6) is -1.07. The van der Waals surface area contributed by atoms with E-state index in [1.165, 1.54) is 23.6 Å². The van der Waals surface area contributed by atoms with Crippen LogP contribution >= 0.6 is 22.9 Å². The number of aryl methyl sites for hydroxylation is 3. The normalized spacial score (nSPS) is 11.6. The zero-order valence-electron chi connectivity index (χ0n) is 16.1. The van der Waals surface area contributed by atoms with Crippen molar-refractivity contribution >= 4 is 38.7 Å². The van der Waals surface area contributed by atoms with Crippen molar-refractivity contribution in [3.8, 4) is 0 Å². The summed E-state index contributed by atoms with van der Waals surface area (Å²) in [6.45, 7) is 3.32. The topological polar surface area (TPSA) is 102 Å². The summed E-state index contributed by atoms with van der Waals surface area (Å²) in [5, 5.41) is 1.04. The predicted molar refractivity (Wildman–Crippen MR) is 112 cm³/mol. The first-order chi connectivity index (χ1) is 14.2. The summed E-state index contributed by atoms with van der Waals surface area (Å²) in [6, 6.07) is 3.28. The summed E-state index contributed by atoms with van der Waals surface area (Å²) in [7, 11) is -4.14. The standard InChI is InChI=1S/C19H18ClFN4O3S2/c1-11-16(10-24-30(27,28)19-7-13(20)3-5-15(19)21)23-9-17(25-11)18(26)6-4-14-8-22-12(2)29-14/h3,5,7-9,24H,4,6,10H2,1-2H3. The first-order valence-electron chi connectivity index (χ1n) is 8.87. The van der Waals surface area contributed by atoms with E-state index in [0.717, 1.165) is 22.0 Å². The summed E-state index contributed by atoms with van der Waals surface area (Å²) in [4.78, 5) is 25.4. The molecule has 0 aliphatic heterocycles. The van der Waals surface area contributed by atoms with Crippen LogP contribution in [0.4, 0.5) is 4.39 Å². The Morgan fingerprint density at radius 1 is 1.23 bits per heavy atom. The lowest BCUT2D eigenvalue weighted by Crippen LogP contribution is -2.25. The van der Waals surface area contributed by atoms with E-state index in [4.69, 9.17) is 11.6 Å². The minimum atomic E-state index is -4.14. The fourth-order valence-electron chi connectivity index (χ4n) is 2.62. The van der Waals surface area contributed by atoms with E-state index in [0.29, 0.717) is 17.8 Å². The van der Waals surface area contributed by atoms with Crippen LogP contribution in [0.2, 0.25) is 5.02 Å². The number of sulfonamides is 1. The predicted octanol–water partition coefficient (Wildman–Crippen LogP) is 3.64. The van der Waals surface area contributed by atoms with Crippen LogP contribution in [-0.2, 0) is 23.0 Å². The number of rotatable bonds is 8. The van der Waals surface area contributed by atoms with Crippen molar-refractivity contribution in [2.24, 2.45) is 0 Å². The highest BCUT2D eigenvalue weighted by Gasteiger charge is 2.20. The van der Waals surface area contributed by atoms with Crippen LogP contribution in [0.15, 0.2) is 35.5 Å². The van der Waals surface area contributed by atoms with Gasteiger partial charge in [0.2, 0.25) is 10.0 Å². The monoisotopic (exact) mass is 468 g/mol. The molecule has 0 amide bonds. The number of carbonyl (C=O) groups is 1. The second kappa shape index (κ2) is 9.25. The highest BCUT2D eigenvalue weighted by molar-refractivity contribution is 7.89. The maximum absolute atomic E-state index is 13.9. The lowest BCUT2D eigenvalue weighted by Gasteiger charge is -2.10. The molecule has 1 N–H and O–H groups in total. The molecule has 0 unspecified atom stereocenters. The number of halogens is 2. The van der Waals surface area contributed by atoms with Gasteiger partial charge in [-0.25, -0.2) is 27.5 Å². The molecule has 0 atom stereocenters. The maximum Gasteiger partial charge on any atom is 0.243 e. The van der Waals surface area contributed by atoms with Gasteiger partial charge in [0.1, 0.15) is 16.4 Å². The third-order valence-corrected chi connectivity index (χ3v) is 6.84. The quantitative estimate of drug-likeness (QED) is 0.506. The highest BCUT2D eigenvalue weighted by atomic mass is 35.5. The molecule has 3 aromatic rings. The van der Waals surface area contributed by atoms with Crippen LogP contribution in [0, 0.1) is 19.7 Å². The minimum absolute atomic E-state index is 0.101. The van der Waals surface area contributed by atoms with Crippen LogP contribution in [-0.4, -0.2) is 29.2 Å². The third kappa shape index (κ3) is 5.45. The summed E-state index contributed by atoms with van der Waals surface area (Å²) in [5.41, 5.74) is 0.945. The molecule has 0 saturated carbocycles. The Balaban J connectivity index is 1.66. The Morgan fingerprint density at radius 3 is 2.67 bits per heavy atom. The molecule has 0 saturated heterocycles. The Hall–Kier alpha value is -2.27.